The summed E-state index contributed by atoms with van der Waals surface area (Å²) in [5, 5.41) is 0. The molecule has 2 aliphatic rings. The lowest BCUT2D eigenvalue weighted by molar-refractivity contribution is -2.00. The minimum absolute atomic E-state index is 0.0167. The Morgan fingerprint density at radius 2 is 1.10 bits per heavy atom. The van der Waals surface area contributed by atoms with E-state index in [9.17, 15) is 0 Å². The third kappa shape index (κ3) is 9.69. The van der Waals surface area contributed by atoms with Crippen molar-refractivity contribution in [2.24, 2.45) is 10.8 Å². The summed E-state index contributed by atoms with van der Waals surface area (Å²) in [5.74, 6) is 2.03. The van der Waals surface area contributed by atoms with Crippen molar-refractivity contribution in [3.8, 4) is 0 Å². The van der Waals surface area contributed by atoms with Gasteiger partial charge in [-0.1, -0.05) is 53.7 Å². The standard InChI is InChI=1S/C23H32NO.ClHO4/c1-22(2,3)20-15-18(16-21(25-20)23(4,5)6)10-9-17-11-13-19(14-12-17)24(7)8;2-1(3,4)5/h9-16H,1-8H3;(H,2,3,4,5)/q+1;/p-1. The Bertz CT molecular complexity index is 791. The highest BCUT2D eigenvalue weighted by molar-refractivity contribution is 6.02. The van der Waals surface area contributed by atoms with E-state index in [1.165, 1.54) is 16.9 Å². The van der Waals surface area contributed by atoms with E-state index < -0.39 is 10.2 Å². The van der Waals surface area contributed by atoms with E-state index in [2.05, 4.69) is 109 Å². The number of rotatable bonds is 1. The number of hydrogen-bond donors (Lipinski definition) is 0. The molecule has 0 spiro atoms. The molecule has 0 saturated carbocycles. The fraction of sp³-hybridized carbons (Fsp3) is 0.435. The van der Waals surface area contributed by atoms with Crippen molar-refractivity contribution in [3.63, 3.8) is 0 Å². The fourth-order valence-electron chi connectivity index (χ4n) is 2.43. The van der Waals surface area contributed by atoms with Gasteiger partial charge in [-0.05, 0) is 35.5 Å². The van der Waals surface area contributed by atoms with Gasteiger partial charge in [0, 0.05) is 23.0 Å². The summed E-state index contributed by atoms with van der Waals surface area (Å²) in [6, 6.07) is 0. The van der Waals surface area contributed by atoms with E-state index >= 15 is 0 Å². The Morgan fingerprint density at radius 1 is 0.733 bits per heavy atom. The average Bonchev–Trinajstić information content (AvgIpc) is 2.57. The lowest BCUT2D eigenvalue weighted by Crippen LogP contribution is -2.68. The predicted octanol–water partition coefficient (Wildman–Crippen LogP) is 0.813. The molecule has 2 rings (SSSR count). The molecule has 166 valence electrons. The molecular formula is C23H32ClNO5. The molecule has 1 aliphatic carbocycles. The van der Waals surface area contributed by atoms with E-state index in [1.807, 2.05) is 0 Å². The van der Waals surface area contributed by atoms with Gasteiger partial charge >= 0.3 is 0 Å². The zero-order valence-electron chi connectivity index (χ0n) is 19.0. The summed E-state index contributed by atoms with van der Waals surface area (Å²) in [4.78, 5) is 0. The van der Waals surface area contributed by atoms with Crippen molar-refractivity contribution in [2.45, 2.75) is 41.5 Å². The molecule has 7 heteroatoms. The van der Waals surface area contributed by atoms with Gasteiger partial charge in [-0.25, -0.2) is 23.2 Å². The molecule has 1 heterocycles. The molecule has 6 nitrogen and oxygen atoms in total. The number of halogens is 1. The average molecular weight is 438 g/mol. The van der Waals surface area contributed by atoms with Crippen LogP contribution in [0.4, 0.5) is 0 Å². The Morgan fingerprint density at radius 3 is 1.43 bits per heavy atom. The number of allylic oxidation sites excluding steroid dienone is 12. The SMILES string of the molecule is C[N+](C)=C1C=CC(=CC=C2C=C(C(C)(C)C)OC(C(C)(C)C)=C2)C=C1.[O-][Cl+3]([O-])([O-])[O-]. The molecule has 0 unspecified atom stereocenters. The Hall–Kier alpha value is -1.96. The smallest absolute Gasteiger partial charge is 0.199 e. The number of hydrogen-bond acceptors (Lipinski definition) is 5. The molecule has 0 atom stereocenters. The van der Waals surface area contributed by atoms with Gasteiger partial charge in [-0.3, -0.25) is 0 Å². The highest BCUT2D eigenvalue weighted by Gasteiger charge is 2.28. The first-order valence-corrected chi connectivity index (χ1v) is 10.8. The van der Waals surface area contributed by atoms with Gasteiger partial charge in [0.2, 0.25) is 0 Å². The maximum Gasteiger partial charge on any atom is 0.199 e. The van der Waals surface area contributed by atoms with Crippen LogP contribution in [0.15, 0.2) is 71.3 Å². The maximum atomic E-state index is 8.49. The Balaban J connectivity index is 0.000000804. The second-order valence-corrected chi connectivity index (χ2v) is 10.1. The minimum Gasteiger partial charge on any atom is -0.465 e. The quantitative estimate of drug-likeness (QED) is 0.564. The van der Waals surface area contributed by atoms with Crippen LogP contribution in [0.2, 0.25) is 0 Å². The van der Waals surface area contributed by atoms with Gasteiger partial charge in [-0.2, -0.15) is 0 Å². The molecule has 0 amide bonds. The van der Waals surface area contributed by atoms with Gasteiger partial charge in [-0.15, -0.1) is 10.2 Å². The zero-order valence-corrected chi connectivity index (χ0v) is 19.7. The summed E-state index contributed by atoms with van der Waals surface area (Å²) < 4.78 is 42.3. The van der Waals surface area contributed by atoms with Crippen LogP contribution in [0.3, 0.4) is 0 Å². The van der Waals surface area contributed by atoms with Gasteiger partial charge in [0.25, 0.3) is 0 Å². The molecule has 30 heavy (non-hydrogen) atoms. The van der Waals surface area contributed by atoms with Gasteiger partial charge in [0.15, 0.2) is 5.71 Å². The van der Waals surface area contributed by atoms with E-state index in [0.29, 0.717) is 0 Å². The van der Waals surface area contributed by atoms with E-state index in [-0.39, 0.29) is 10.8 Å². The molecule has 1 aliphatic heterocycles. The molecule has 0 aromatic carbocycles. The van der Waals surface area contributed by atoms with Gasteiger partial charge in [0.1, 0.15) is 25.6 Å². The van der Waals surface area contributed by atoms with E-state index in [0.717, 1.165) is 11.5 Å². The summed E-state index contributed by atoms with van der Waals surface area (Å²) >= 11 is 0. The lowest BCUT2D eigenvalue weighted by atomic mass is 9.87. The third-order valence-electron chi connectivity index (χ3n) is 4.17. The van der Waals surface area contributed by atoms with Crippen molar-refractivity contribution in [1.29, 1.82) is 0 Å². The summed E-state index contributed by atoms with van der Waals surface area (Å²) in [6.07, 6.45) is 17.2. The van der Waals surface area contributed by atoms with Gasteiger partial charge in [0.05, 0.1) is 0 Å². The second-order valence-electron chi connectivity index (χ2n) is 9.32. The van der Waals surface area contributed by atoms with Crippen molar-refractivity contribution in [1.82, 2.24) is 0 Å². The second kappa shape index (κ2) is 9.90. The molecule has 0 N–H and O–H groups in total. The first kappa shape index (κ1) is 26.1. The fourth-order valence-corrected chi connectivity index (χ4v) is 2.43. The first-order chi connectivity index (χ1) is 13.5. The van der Waals surface area contributed by atoms with E-state index in [4.69, 9.17) is 23.4 Å². The first-order valence-electron chi connectivity index (χ1n) is 9.53. The number of ether oxygens (including phenoxy) is 1. The normalized spacial score (nSPS) is 16.9. The molecule has 0 fully saturated rings. The highest BCUT2D eigenvalue weighted by atomic mass is 35.7. The molecule has 0 saturated heterocycles. The van der Waals surface area contributed by atoms with Crippen LogP contribution >= 0.6 is 0 Å². The van der Waals surface area contributed by atoms with Crippen molar-refractivity contribution >= 4 is 5.71 Å². The summed E-state index contributed by atoms with van der Waals surface area (Å²) in [7, 11) is -0.833. The number of nitrogens with zero attached hydrogens (tertiary/aromatic N) is 1. The molecule has 0 radical (unpaired) electrons. The summed E-state index contributed by atoms with van der Waals surface area (Å²) in [5.41, 5.74) is 3.55. The van der Waals surface area contributed by atoms with Crippen molar-refractivity contribution in [3.05, 3.63) is 71.3 Å². The van der Waals surface area contributed by atoms with Crippen LogP contribution in [-0.4, -0.2) is 24.4 Å². The monoisotopic (exact) mass is 437 g/mol. The Kier molecular flexibility index (Phi) is 8.60. The topological polar surface area (TPSA) is 104 Å². The summed E-state index contributed by atoms with van der Waals surface area (Å²) in [6.45, 7) is 13.1. The molecular weight excluding hydrogens is 406 g/mol. The third-order valence-corrected chi connectivity index (χ3v) is 4.17. The van der Waals surface area contributed by atoms with E-state index in [1.54, 1.807) is 0 Å². The van der Waals surface area contributed by atoms with Crippen LogP contribution in [0.1, 0.15) is 41.5 Å². The zero-order chi connectivity index (χ0) is 23.3. The molecule has 0 aromatic heterocycles. The highest BCUT2D eigenvalue weighted by Crippen LogP contribution is 2.38. The van der Waals surface area contributed by atoms with Crippen molar-refractivity contribution < 1.29 is 38.2 Å². The van der Waals surface area contributed by atoms with Crippen LogP contribution < -0.4 is 18.6 Å². The van der Waals surface area contributed by atoms with Crippen LogP contribution in [0.25, 0.3) is 0 Å². The lowest BCUT2D eigenvalue weighted by Gasteiger charge is -2.32. The minimum atomic E-state index is -4.94. The van der Waals surface area contributed by atoms with Crippen LogP contribution in [0, 0.1) is 21.1 Å². The van der Waals surface area contributed by atoms with Crippen molar-refractivity contribution in [2.75, 3.05) is 14.1 Å². The van der Waals surface area contributed by atoms with Gasteiger partial charge < -0.3 is 4.74 Å². The Labute approximate surface area is 181 Å². The van der Waals surface area contributed by atoms with Crippen LogP contribution in [0.5, 0.6) is 0 Å². The molecule has 0 aromatic rings. The van der Waals surface area contributed by atoms with Crippen LogP contribution in [-0.2, 0) is 4.74 Å². The largest absolute Gasteiger partial charge is 0.465 e. The predicted molar refractivity (Wildman–Crippen MR) is 108 cm³/mol. The molecule has 0 bridgehead atoms. The maximum absolute atomic E-state index is 8.49.